The Kier molecular flexibility index (Phi) is 5.49. The molecule has 7 nitrogen and oxygen atoms in total. The van der Waals surface area contributed by atoms with E-state index in [-0.39, 0.29) is 11.3 Å². The van der Waals surface area contributed by atoms with Gasteiger partial charge in [0.25, 0.3) is 5.91 Å². The summed E-state index contributed by atoms with van der Waals surface area (Å²) < 4.78 is 24.5. The van der Waals surface area contributed by atoms with Crippen LogP contribution in [0.15, 0.2) is 53.7 Å². The number of methoxy groups -OCH3 is 2. The molecule has 1 atom stereocenters. The number of carbonyl (C=O) groups excluding carboxylic acids is 2. The lowest BCUT2D eigenvalue weighted by Gasteiger charge is -2.29. The van der Waals surface area contributed by atoms with E-state index < -0.39 is 23.8 Å². The lowest BCUT2D eigenvalue weighted by Crippen LogP contribution is -2.46. The predicted octanol–water partition coefficient (Wildman–Crippen LogP) is 3.11. The van der Waals surface area contributed by atoms with Gasteiger partial charge in [-0.05, 0) is 36.8 Å². The Bertz CT molecular complexity index is 958. The van der Waals surface area contributed by atoms with Crippen LogP contribution in [0.25, 0.3) is 0 Å². The molecule has 2 aromatic rings. The molecule has 28 heavy (non-hydrogen) atoms. The molecule has 0 saturated carbocycles. The van der Waals surface area contributed by atoms with E-state index in [0.717, 1.165) is 0 Å². The summed E-state index contributed by atoms with van der Waals surface area (Å²) in [4.78, 5) is 24.9. The van der Waals surface area contributed by atoms with Gasteiger partial charge in [-0.25, -0.2) is 9.18 Å². The van der Waals surface area contributed by atoms with E-state index in [1.165, 1.54) is 32.4 Å². The van der Waals surface area contributed by atoms with Crippen LogP contribution in [0, 0.1) is 5.82 Å². The molecule has 2 aromatic carbocycles. The zero-order chi connectivity index (χ0) is 20.3. The van der Waals surface area contributed by atoms with Crippen LogP contribution >= 0.6 is 0 Å². The predicted molar refractivity (Wildman–Crippen MR) is 102 cm³/mol. The minimum atomic E-state index is -0.750. The minimum Gasteiger partial charge on any atom is -0.493 e. The van der Waals surface area contributed by atoms with Crippen LogP contribution < -0.4 is 25.4 Å². The van der Waals surface area contributed by atoms with Gasteiger partial charge < -0.3 is 25.4 Å². The first-order chi connectivity index (χ1) is 13.4. The van der Waals surface area contributed by atoms with Crippen molar-refractivity contribution >= 4 is 17.6 Å². The number of rotatable bonds is 5. The van der Waals surface area contributed by atoms with Crippen LogP contribution in [0.3, 0.4) is 0 Å². The SMILES string of the molecule is COc1ccc([C@H]2NC(=O)NC(C)=C2C(=O)Nc2ccccc2F)cc1OC. The summed E-state index contributed by atoms with van der Waals surface area (Å²) in [5.41, 5.74) is 1.30. The van der Waals surface area contributed by atoms with Gasteiger partial charge in [0.1, 0.15) is 5.82 Å². The number of benzene rings is 2. The van der Waals surface area contributed by atoms with E-state index >= 15 is 0 Å². The number of amides is 3. The fraction of sp³-hybridized carbons (Fsp3) is 0.200. The molecule has 1 aliphatic heterocycles. The van der Waals surface area contributed by atoms with Gasteiger partial charge in [0.05, 0.1) is 31.5 Å². The number of halogens is 1. The second-order valence-electron chi connectivity index (χ2n) is 6.12. The molecule has 0 radical (unpaired) electrons. The van der Waals surface area contributed by atoms with E-state index in [1.807, 2.05) is 0 Å². The van der Waals surface area contributed by atoms with Crippen molar-refractivity contribution in [3.8, 4) is 11.5 Å². The van der Waals surface area contributed by atoms with Crippen LogP contribution in [-0.4, -0.2) is 26.2 Å². The number of hydrogen-bond donors (Lipinski definition) is 3. The minimum absolute atomic E-state index is 0.0516. The molecule has 0 unspecified atom stereocenters. The van der Waals surface area contributed by atoms with E-state index in [4.69, 9.17) is 9.47 Å². The molecule has 0 spiro atoms. The van der Waals surface area contributed by atoms with E-state index in [9.17, 15) is 14.0 Å². The Hall–Kier alpha value is -3.55. The van der Waals surface area contributed by atoms with Crippen molar-refractivity contribution in [2.45, 2.75) is 13.0 Å². The maximum atomic E-state index is 13.9. The topological polar surface area (TPSA) is 88.7 Å². The molecule has 8 heteroatoms. The van der Waals surface area contributed by atoms with Gasteiger partial charge >= 0.3 is 6.03 Å². The monoisotopic (exact) mass is 385 g/mol. The number of allylic oxidation sites excluding steroid dienone is 1. The normalized spacial score (nSPS) is 16.1. The number of hydrogen-bond acceptors (Lipinski definition) is 4. The Morgan fingerprint density at radius 1 is 1.11 bits per heavy atom. The summed E-state index contributed by atoms with van der Waals surface area (Å²) in [5.74, 6) is -0.108. The van der Waals surface area contributed by atoms with Crippen LogP contribution in [0.1, 0.15) is 18.5 Å². The fourth-order valence-corrected chi connectivity index (χ4v) is 3.03. The Labute approximate surface area is 161 Å². The van der Waals surface area contributed by atoms with Crippen LogP contribution in [0.4, 0.5) is 14.9 Å². The molecular weight excluding hydrogens is 365 g/mol. The summed E-state index contributed by atoms with van der Waals surface area (Å²) in [6.07, 6.45) is 0. The second kappa shape index (κ2) is 7.99. The van der Waals surface area contributed by atoms with Crippen molar-refractivity contribution in [1.29, 1.82) is 0 Å². The highest BCUT2D eigenvalue weighted by atomic mass is 19.1. The summed E-state index contributed by atoms with van der Waals surface area (Å²) >= 11 is 0. The molecule has 3 amide bonds. The summed E-state index contributed by atoms with van der Waals surface area (Å²) in [6.45, 7) is 1.61. The van der Waals surface area contributed by atoms with Gasteiger partial charge in [0.15, 0.2) is 11.5 Å². The molecule has 0 bridgehead atoms. The Balaban J connectivity index is 1.99. The fourth-order valence-electron chi connectivity index (χ4n) is 3.03. The highest BCUT2D eigenvalue weighted by molar-refractivity contribution is 6.06. The van der Waals surface area contributed by atoms with Crippen molar-refractivity contribution in [3.05, 3.63) is 65.1 Å². The lowest BCUT2D eigenvalue weighted by atomic mass is 9.94. The average molecular weight is 385 g/mol. The van der Waals surface area contributed by atoms with Crippen LogP contribution in [0.2, 0.25) is 0 Å². The molecule has 1 aliphatic rings. The first kappa shape index (κ1) is 19.2. The second-order valence-corrected chi connectivity index (χ2v) is 6.12. The van der Waals surface area contributed by atoms with Gasteiger partial charge in [0, 0.05) is 5.70 Å². The molecule has 1 heterocycles. The van der Waals surface area contributed by atoms with Crippen molar-refractivity contribution in [1.82, 2.24) is 10.6 Å². The number of carbonyl (C=O) groups is 2. The third-order valence-corrected chi connectivity index (χ3v) is 4.38. The number of urea groups is 1. The lowest BCUT2D eigenvalue weighted by molar-refractivity contribution is -0.113. The molecule has 0 saturated heterocycles. The standard InChI is InChI=1S/C20H20FN3O4/c1-11-17(19(25)23-14-7-5-4-6-13(14)21)18(24-20(26)22-11)12-8-9-15(27-2)16(10-12)28-3/h4-10,18H,1-3H3,(H,23,25)(H2,22,24,26)/t18-/m1/s1. The highest BCUT2D eigenvalue weighted by Gasteiger charge is 2.32. The average Bonchev–Trinajstić information content (AvgIpc) is 2.68. The maximum Gasteiger partial charge on any atom is 0.319 e. The number of nitrogens with one attached hydrogen (secondary N) is 3. The smallest absolute Gasteiger partial charge is 0.319 e. The van der Waals surface area contributed by atoms with Crippen LogP contribution in [0.5, 0.6) is 11.5 Å². The highest BCUT2D eigenvalue weighted by Crippen LogP contribution is 2.34. The number of para-hydroxylation sites is 1. The summed E-state index contributed by atoms with van der Waals surface area (Å²) in [5, 5.41) is 7.86. The zero-order valence-corrected chi connectivity index (χ0v) is 15.6. The van der Waals surface area contributed by atoms with E-state index in [0.29, 0.717) is 22.8 Å². The molecular formula is C20H20FN3O4. The molecule has 3 N–H and O–H groups in total. The molecule has 3 rings (SSSR count). The first-order valence-electron chi connectivity index (χ1n) is 8.50. The van der Waals surface area contributed by atoms with Crippen LogP contribution in [-0.2, 0) is 4.79 Å². The van der Waals surface area contributed by atoms with E-state index in [2.05, 4.69) is 16.0 Å². The molecule has 0 aliphatic carbocycles. The largest absolute Gasteiger partial charge is 0.493 e. The Morgan fingerprint density at radius 2 is 1.82 bits per heavy atom. The zero-order valence-electron chi connectivity index (χ0n) is 15.6. The molecule has 0 aromatic heterocycles. The summed E-state index contributed by atoms with van der Waals surface area (Å²) in [6, 6.07) is 9.76. The van der Waals surface area contributed by atoms with Gasteiger partial charge in [-0.1, -0.05) is 18.2 Å². The van der Waals surface area contributed by atoms with Crippen molar-refractivity contribution in [3.63, 3.8) is 0 Å². The van der Waals surface area contributed by atoms with Gasteiger partial charge in [-0.15, -0.1) is 0 Å². The third kappa shape index (κ3) is 3.75. The number of anilines is 1. The third-order valence-electron chi connectivity index (χ3n) is 4.38. The molecule has 146 valence electrons. The maximum absolute atomic E-state index is 13.9. The van der Waals surface area contributed by atoms with E-state index in [1.54, 1.807) is 31.2 Å². The van der Waals surface area contributed by atoms with Crippen molar-refractivity contribution in [2.24, 2.45) is 0 Å². The molecule has 0 fully saturated rings. The summed E-state index contributed by atoms with van der Waals surface area (Å²) in [7, 11) is 3.01. The quantitative estimate of drug-likeness (QED) is 0.738. The number of ether oxygens (including phenoxy) is 2. The van der Waals surface area contributed by atoms with Gasteiger partial charge in [-0.3, -0.25) is 4.79 Å². The van der Waals surface area contributed by atoms with Gasteiger partial charge in [0.2, 0.25) is 0 Å². The Morgan fingerprint density at radius 3 is 2.50 bits per heavy atom. The van der Waals surface area contributed by atoms with Gasteiger partial charge in [-0.2, -0.15) is 0 Å². The first-order valence-corrected chi connectivity index (χ1v) is 8.50. The van der Waals surface area contributed by atoms with Crippen molar-refractivity contribution in [2.75, 3.05) is 19.5 Å². The van der Waals surface area contributed by atoms with Crippen molar-refractivity contribution < 1.29 is 23.5 Å².